The molecular formula is C22H14F6N4O2S3. The van der Waals surface area contributed by atoms with Crippen molar-refractivity contribution in [2.45, 2.75) is 21.6 Å². The summed E-state index contributed by atoms with van der Waals surface area (Å²) in [6.07, 6.45) is -8.98. The van der Waals surface area contributed by atoms with Crippen molar-refractivity contribution in [2.24, 2.45) is 0 Å². The highest BCUT2D eigenvalue weighted by Crippen LogP contribution is 2.35. The lowest BCUT2D eigenvalue weighted by Gasteiger charge is -2.08. The van der Waals surface area contributed by atoms with Gasteiger partial charge in [0.2, 0.25) is 11.8 Å². The van der Waals surface area contributed by atoms with Gasteiger partial charge in [-0.3, -0.25) is 9.59 Å². The number of carbonyl (C=O) groups excluding carboxylic acids is 2. The van der Waals surface area contributed by atoms with Gasteiger partial charge < -0.3 is 10.6 Å². The van der Waals surface area contributed by atoms with Crippen molar-refractivity contribution >= 4 is 58.2 Å². The van der Waals surface area contributed by atoms with Gasteiger partial charge in [-0.05, 0) is 60.1 Å². The van der Waals surface area contributed by atoms with Crippen molar-refractivity contribution in [1.82, 2.24) is 4.37 Å². The number of hydrogen-bond acceptors (Lipinski definition) is 7. The molecule has 0 atom stereocenters. The highest BCUT2D eigenvalue weighted by molar-refractivity contribution is 8.02. The molecule has 0 spiro atoms. The molecule has 37 heavy (non-hydrogen) atoms. The van der Waals surface area contributed by atoms with E-state index in [2.05, 4.69) is 15.0 Å². The Morgan fingerprint density at radius 3 is 1.65 bits per heavy atom. The number of alkyl halides is 6. The number of rotatable bonds is 8. The molecule has 2 N–H and O–H groups in total. The second kappa shape index (κ2) is 11.9. The Hall–Kier alpha value is -3.22. The smallest absolute Gasteiger partial charge is 0.325 e. The number of benzene rings is 2. The molecule has 0 saturated heterocycles. The predicted molar refractivity (Wildman–Crippen MR) is 128 cm³/mol. The minimum Gasteiger partial charge on any atom is -0.325 e. The van der Waals surface area contributed by atoms with Crippen molar-refractivity contribution in [3.63, 3.8) is 0 Å². The summed E-state index contributed by atoms with van der Waals surface area (Å²) in [6, 6.07) is 9.84. The number of halogens is 6. The Bertz CT molecular complexity index is 1210. The van der Waals surface area contributed by atoms with Crippen molar-refractivity contribution in [1.29, 1.82) is 5.26 Å². The second-order valence-corrected chi connectivity index (χ2v) is 10.1. The number of aromatic nitrogens is 1. The molecule has 15 heteroatoms. The Labute approximate surface area is 218 Å². The zero-order valence-corrected chi connectivity index (χ0v) is 20.7. The summed E-state index contributed by atoms with van der Waals surface area (Å²) in [5.41, 5.74) is -1.18. The van der Waals surface area contributed by atoms with Crippen molar-refractivity contribution in [3.05, 3.63) is 65.2 Å². The van der Waals surface area contributed by atoms with Crippen LogP contribution in [0, 0.1) is 11.3 Å². The fraction of sp³-hybridized carbons (Fsp3) is 0.182. The molecule has 0 aliphatic heterocycles. The molecule has 0 saturated carbocycles. The van der Waals surface area contributed by atoms with Crippen LogP contribution in [0.2, 0.25) is 0 Å². The van der Waals surface area contributed by atoms with E-state index in [9.17, 15) is 41.2 Å². The third-order valence-corrected chi connectivity index (χ3v) is 7.59. The number of hydrogen-bond donors (Lipinski definition) is 2. The molecule has 1 aromatic heterocycles. The quantitative estimate of drug-likeness (QED) is 0.234. The van der Waals surface area contributed by atoms with Crippen LogP contribution in [0.4, 0.5) is 37.7 Å². The van der Waals surface area contributed by atoms with E-state index >= 15 is 0 Å². The number of amides is 2. The van der Waals surface area contributed by atoms with Crippen LogP contribution in [0.1, 0.15) is 16.7 Å². The summed E-state index contributed by atoms with van der Waals surface area (Å²) < 4.78 is 80.3. The lowest BCUT2D eigenvalue weighted by Crippen LogP contribution is -2.14. The lowest BCUT2D eigenvalue weighted by molar-refractivity contribution is -0.138. The minimum absolute atomic E-state index is 0.142. The van der Waals surface area contributed by atoms with Crippen LogP contribution in [-0.2, 0) is 21.9 Å². The van der Waals surface area contributed by atoms with Gasteiger partial charge in [0.15, 0.2) is 0 Å². The molecular weight excluding hydrogens is 562 g/mol. The van der Waals surface area contributed by atoms with Gasteiger partial charge in [0.1, 0.15) is 20.9 Å². The van der Waals surface area contributed by atoms with Crippen molar-refractivity contribution < 1.29 is 35.9 Å². The first kappa shape index (κ1) is 28.4. The van der Waals surface area contributed by atoms with E-state index in [1.54, 1.807) is 0 Å². The summed E-state index contributed by atoms with van der Waals surface area (Å²) in [5, 5.41) is 14.6. The first-order chi connectivity index (χ1) is 17.4. The predicted octanol–water partition coefficient (Wildman–Crippen LogP) is 6.51. The van der Waals surface area contributed by atoms with E-state index in [0.29, 0.717) is 4.21 Å². The Morgan fingerprint density at radius 2 is 1.24 bits per heavy atom. The van der Waals surface area contributed by atoms with Crippen LogP contribution in [0.25, 0.3) is 0 Å². The molecule has 2 amide bonds. The SMILES string of the molecule is N#Cc1c(SCC(=O)Nc2ccc(C(F)(F)F)cc2)nsc1SCC(=O)Nc1ccc(C(F)(F)F)cc1. The van der Waals surface area contributed by atoms with E-state index in [-0.39, 0.29) is 33.5 Å². The number of carbonyl (C=O) groups is 2. The maximum absolute atomic E-state index is 12.6. The third-order valence-electron chi connectivity index (χ3n) is 4.41. The molecule has 1 heterocycles. The summed E-state index contributed by atoms with van der Waals surface area (Å²) in [7, 11) is 0. The van der Waals surface area contributed by atoms with E-state index < -0.39 is 35.3 Å². The highest BCUT2D eigenvalue weighted by Gasteiger charge is 2.30. The Kier molecular flexibility index (Phi) is 9.11. The van der Waals surface area contributed by atoms with E-state index in [4.69, 9.17) is 0 Å². The monoisotopic (exact) mass is 576 g/mol. The summed E-state index contributed by atoms with van der Waals surface area (Å²) >= 11 is 2.89. The molecule has 6 nitrogen and oxygen atoms in total. The molecule has 0 fully saturated rings. The average Bonchev–Trinajstić information content (AvgIpc) is 3.23. The Balaban J connectivity index is 1.51. The van der Waals surface area contributed by atoms with Gasteiger partial charge >= 0.3 is 12.4 Å². The molecule has 3 aromatic rings. The first-order valence-electron chi connectivity index (χ1n) is 9.96. The van der Waals surface area contributed by atoms with Gasteiger partial charge in [0, 0.05) is 11.4 Å². The van der Waals surface area contributed by atoms with Crippen LogP contribution in [0.5, 0.6) is 0 Å². The zero-order chi connectivity index (χ0) is 27.2. The van der Waals surface area contributed by atoms with Gasteiger partial charge in [-0.1, -0.05) is 11.8 Å². The third kappa shape index (κ3) is 8.14. The second-order valence-electron chi connectivity index (χ2n) is 7.09. The average molecular weight is 577 g/mol. The maximum Gasteiger partial charge on any atom is 0.416 e. The number of anilines is 2. The van der Waals surface area contributed by atoms with Gasteiger partial charge in [-0.25, -0.2) is 0 Å². The van der Waals surface area contributed by atoms with Gasteiger partial charge in [0.05, 0.1) is 22.6 Å². The fourth-order valence-electron chi connectivity index (χ4n) is 2.70. The van der Waals surface area contributed by atoms with Gasteiger partial charge in [-0.2, -0.15) is 36.0 Å². The summed E-state index contributed by atoms with van der Waals surface area (Å²) in [5.74, 6) is -1.34. The molecule has 0 radical (unpaired) electrons. The number of thioether (sulfide) groups is 2. The molecule has 0 aliphatic carbocycles. The van der Waals surface area contributed by atoms with Crippen molar-refractivity contribution in [2.75, 3.05) is 22.1 Å². The van der Waals surface area contributed by atoms with Crippen LogP contribution in [-0.4, -0.2) is 27.7 Å². The molecule has 0 aliphatic rings. The number of nitriles is 1. The lowest BCUT2D eigenvalue weighted by atomic mass is 10.2. The van der Waals surface area contributed by atoms with Gasteiger partial charge in [-0.15, -0.1) is 11.8 Å². The topological polar surface area (TPSA) is 94.9 Å². The van der Waals surface area contributed by atoms with E-state index in [1.165, 1.54) is 0 Å². The minimum atomic E-state index is -4.49. The van der Waals surface area contributed by atoms with Crippen molar-refractivity contribution in [3.8, 4) is 6.07 Å². The van der Waals surface area contributed by atoms with Crippen LogP contribution in [0.15, 0.2) is 57.8 Å². The number of nitrogens with one attached hydrogen (secondary N) is 2. The molecule has 3 rings (SSSR count). The standard InChI is InChI=1S/C22H14F6N4O2S3/c23-21(24,25)12-1-5-14(6-2-12)30-17(33)10-35-19-16(9-29)20(37-32-19)36-11-18(34)31-15-7-3-13(4-8-15)22(26,27)28/h1-8H,10-11H2,(H,30,33)(H,31,34). The highest BCUT2D eigenvalue weighted by atomic mass is 32.2. The molecule has 194 valence electrons. The normalized spacial score (nSPS) is 11.6. The van der Waals surface area contributed by atoms with Crippen LogP contribution >= 0.6 is 35.1 Å². The summed E-state index contributed by atoms with van der Waals surface area (Å²) in [4.78, 5) is 24.3. The number of nitrogens with zero attached hydrogens (tertiary/aromatic N) is 2. The fourth-order valence-corrected chi connectivity index (χ4v) is 5.39. The van der Waals surface area contributed by atoms with E-state index in [1.807, 2.05) is 6.07 Å². The molecule has 0 bridgehead atoms. The Morgan fingerprint density at radius 1 is 0.811 bits per heavy atom. The van der Waals surface area contributed by atoms with Gasteiger partial charge in [0.25, 0.3) is 0 Å². The maximum atomic E-state index is 12.6. The molecule has 2 aromatic carbocycles. The van der Waals surface area contributed by atoms with Crippen LogP contribution < -0.4 is 10.6 Å². The summed E-state index contributed by atoms with van der Waals surface area (Å²) in [6.45, 7) is 0. The van der Waals surface area contributed by atoms with E-state index in [0.717, 1.165) is 83.6 Å². The largest absolute Gasteiger partial charge is 0.416 e. The zero-order valence-electron chi connectivity index (χ0n) is 18.2. The first-order valence-corrected chi connectivity index (χ1v) is 12.7. The van der Waals surface area contributed by atoms with Crippen LogP contribution in [0.3, 0.4) is 0 Å². The molecule has 0 unspecified atom stereocenters.